The maximum absolute atomic E-state index is 12.5. The van der Waals surface area contributed by atoms with Gasteiger partial charge in [-0.05, 0) is 12.8 Å². The fraction of sp³-hybridized carbons (Fsp3) is 0.818. The molecule has 0 spiro atoms. The lowest BCUT2D eigenvalue weighted by Crippen LogP contribution is -2.64. The smallest absolute Gasteiger partial charge is 0.255 e. The third-order valence-electron chi connectivity index (χ3n) is 3.13. The predicted octanol–water partition coefficient (Wildman–Crippen LogP) is 1.01. The Kier molecular flexibility index (Phi) is 4.42. The highest BCUT2D eigenvalue weighted by Gasteiger charge is 2.41. The van der Waals surface area contributed by atoms with Crippen molar-refractivity contribution in [2.75, 3.05) is 6.54 Å². The molecule has 3 unspecified atom stereocenters. The SMILES string of the molecule is CCC(C)C1C(=O)NC(C)C(=O)N1CC(F)F. The van der Waals surface area contributed by atoms with Crippen molar-refractivity contribution in [3.63, 3.8) is 0 Å². The van der Waals surface area contributed by atoms with Gasteiger partial charge in [-0.3, -0.25) is 9.59 Å². The van der Waals surface area contributed by atoms with Gasteiger partial charge in [-0.25, -0.2) is 8.78 Å². The summed E-state index contributed by atoms with van der Waals surface area (Å²) in [5.41, 5.74) is 0. The molecule has 98 valence electrons. The van der Waals surface area contributed by atoms with Crippen molar-refractivity contribution in [1.82, 2.24) is 10.2 Å². The Morgan fingerprint density at radius 3 is 2.47 bits per heavy atom. The monoisotopic (exact) mass is 248 g/mol. The number of halogens is 2. The third kappa shape index (κ3) is 2.92. The van der Waals surface area contributed by atoms with E-state index < -0.39 is 31.0 Å². The van der Waals surface area contributed by atoms with E-state index in [1.54, 1.807) is 6.92 Å². The standard InChI is InChI=1S/C11H18F2N2O2/c1-4-6(2)9-10(16)14-7(3)11(17)15(9)5-8(12)13/h6-9H,4-5H2,1-3H3,(H,14,16). The summed E-state index contributed by atoms with van der Waals surface area (Å²) < 4.78 is 24.9. The molecule has 2 amide bonds. The van der Waals surface area contributed by atoms with Crippen molar-refractivity contribution < 1.29 is 18.4 Å². The van der Waals surface area contributed by atoms with Gasteiger partial charge < -0.3 is 10.2 Å². The van der Waals surface area contributed by atoms with E-state index in [2.05, 4.69) is 5.32 Å². The van der Waals surface area contributed by atoms with Crippen LogP contribution in [0.1, 0.15) is 27.2 Å². The minimum Gasteiger partial charge on any atom is -0.343 e. The molecular weight excluding hydrogens is 230 g/mol. The van der Waals surface area contributed by atoms with Crippen molar-refractivity contribution in [1.29, 1.82) is 0 Å². The number of nitrogens with one attached hydrogen (secondary N) is 1. The summed E-state index contributed by atoms with van der Waals surface area (Å²) in [4.78, 5) is 24.6. The molecule has 0 aromatic rings. The Morgan fingerprint density at radius 2 is 2.00 bits per heavy atom. The molecule has 1 aliphatic rings. The molecule has 3 atom stereocenters. The van der Waals surface area contributed by atoms with Crippen LogP contribution in [0, 0.1) is 5.92 Å². The van der Waals surface area contributed by atoms with E-state index in [1.807, 2.05) is 6.92 Å². The highest BCUT2D eigenvalue weighted by atomic mass is 19.3. The number of piperazine rings is 1. The number of carbonyl (C=O) groups excluding carboxylic acids is 2. The molecule has 17 heavy (non-hydrogen) atoms. The summed E-state index contributed by atoms with van der Waals surface area (Å²) in [6, 6.07) is -1.50. The van der Waals surface area contributed by atoms with Crippen LogP contribution in [0.2, 0.25) is 0 Å². The van der Waals surface area contributed by atoms with Gasteiger partial charge in [0.25, 0.3) is 6.43 Å². The molecule has 1 aliphatic heterocycles. The van der Waals surface area contributed by atoms with E-state index >= 15 is 0 Å². The van der Waals surface area contributed by atoms with Gasteiger partial charge in [0.05, 0.1) is 6.54 Å². The van der Waals surface area contributed by atoms with Crippen molar-refractivity contribution >= 4 is 11.8 Å². The molecular formula is C11H18F2N2O2. The summed E-state index contributed by atoms with van der Waals surface area (Å²) in [6.07, 6.45) is -1.97. The van der Waals surface area contributed by atoms with Gasteiger partial charge in [-0.15, -0.1) is 0 Å². The predicted molar refractivity (Wildman–Crippen MR) is 58.6 cm³/mol. The van der Waals surface area contributed by atoms with Gasteiger partial charge >= 0.3 is 0 Å². The van der Waals surface area contributed by atoms with Crippen molar-refractivity contribution in [3.05, 3.63) is 0 Å². The van der Waals surface area contributed by atoms with E-state index in [1.165, 1.54) is 6.92 Å². The van der Waals surface area contributed by atoms with Crippen LogP contribution in [0.25, 0.3) is 0 Å². The second-order valence-corrected chi connectivity index (χ2v) is 4.44. The van der Waals surface area contributed by atoms with Gasteiger partial charge in [0.15, 0.2) is 0 Å². The molecule has 0 aromatic carbocycles. The molecule has 4 nitrogen and oxygen atoms in total. The zero-order chi connectivity index (χ0) is 13.2. The third-order valence-corrected chi connectivity index (χ3v) is 3.13. The molecule has 0 aliphatic carbocycles. The number of alkyl halides is 2. The van der Waals surface area contributed by atoms with Gasteiger partial charge in [0.1, 0.15) is 12.1 Å². The number of hydrogen-bond acceptors (Lipinski definition) is 2. The summed E-state index contributed by atoms with van der Waals surface area (Å²) in [5.74, 6) is -0.910. The van der Waals surface area contributed by atoms with Crippen molar-refractivity contribution in [2.45, 2.75) is 45.7 Å². The van der Waals surface area contributed by atoms with Gasteiger partial charge in [0.2, 0.25) is 11.8 Å². The van der Waals surface area contributed by atoms with Crippen LogP contribution in [0.5, 0.6) is 0 Å². The Labute approximate surface area is 99.3 Å². The molecule has 1 N–H and O–H groups in total. The van der Waals surface area contributed by atoms with Crippen molar-refractivity contribution in [3.8, 4) is 0 Å². The van der Waals surface area contributed by atoms with Crippen LogP contribution >= 0.6 is 0 Å². The van der Waals surface area contributed by atoms with Crippen LogP contribution in [0.3, 0.4) is 0 Å². The molecule has 1 fully saturated rings. The average Bonchev–Trinajstić information content (AvgIpc) is 2.24. The second-order valence-electron chi connectivity index (χ2n) is 4.44. The van der Waals surface area contributed by atoms with E-state index in [0.717, 1.165) is 4.90 Å². The first-order chi connectivity index (χ1) is 7.88. The number of hydrogen-bond donors (Lipinski definition) is 1. The normalized spacial score (nSPS) is 27.3. The van der Waals surface area contributed by atoms with Crippen LogP contribution in [-0.4, -0.2) is 41.8 Å². The number of amides is 2. The van der Waals surface area contributed by atoms with Crippen LogP contribution in [0.15, 0.2) is 0 Å². The molecule has 6 heteroatoms. The van der Waals surface area contributed by atoms with E-state index in [9.17, 15) is 18.4 Å². The summed E-state index contributed by atoms with van der Waals surface area (Å²) in [5, 5.41) is 2.52. The molecule has 0 saturated carbocycles. The molecule has 0 bridgehead atoms. The van der Waals surface area contributed by atoms with Gasteiger partial charge in [-0.1, -0.05) is 20.3 Å². The summed E-state index contributed by atoms with van der Waals surface area (Å²) in [7, 11) is 0. The van der Waals surface area contributed by atoms with Crippen LogP contribution in [-0.2, 0) is 9.59 Å². The van der Waals surface area contributed by atoms with E-state index in [4.69, 9.17) is 0 Å². The quantitative estimate of drug-likeness (QED) is 0.807. The number of nitrogens with zero attached hydrogens (tertiary/aromatic N) is 1. The van der Waals surface area contributed by atoms with Crippen LogP contribution in [0.4, 0.5) is 8.78 Å². The first-order valence-corrected chi connectivity index (χ1v) is 5.77. The number of rotatable bonds is 4. The lowest BCUT2D eigenvalue weighted by atomic mass is 9.93. The average molecular weight is 248 g/mol. The molecule has 1 saturated heterocycles. The Bertz CT molecular complexity index is 310. The second kappa shape index (κ2) is 5.42. The van der Waals surface area contributed by atoms with E-state index in [0.29, 0.717) is 6.42 Å². The zero-order valence-corrected chi connectivity index (χ0v) is 10.2. The topological polar surface area (TPSA) is 49.4 Å². The van der Waals surface area contributed by atoms with Gasteiger partial charge in [-0.2, -0.15) is 0 Å². The molecule has 1 rings (SSSR count). The highest BCUT2D eigenvalue weighted by molar-refractivity contribution is 5.96. The Balaban J connectivity index is 2.95. The first kappa shape index (κ1) is 13.9. The fourth-order valence-electron chi connectivity index (χ4n) is 2.03. The summed E-state index contributed by atoms with van der Waals surface area (Å²) >= 11 is 0. The highest BCUT2D eigenvalue weighted by Crippen LogP contribution is 2.21. The lowest BCUT2D eigenvalue weighted by Gasteiger charge is -2.40. The van der Waals surface area contributed by atoms with Crippen molar-refractivity contribution in [2.24, 2.45) is 5.92 Å². The minimum absolute atomic E-state index is 0.134. The maximum atomic E-state index is 12.5. The molecule has 1 heterocycles. The lowest BCUT2D eigenvalue weighted by molar-refractivity contribution is -0.153. The maximum Gasteiger partial charge on any atom is 0.255 e. The number of carbonyl (C=O) groups is 2. The van der Waals surface area contributed by atoms with E-state index in [-0.39, 0.29) is 11.8 Å². The Hall–Kier alpha value is -1.20. The van der Waals surface area contributed by atoms with Gasteiger partial charge in [0, 0.05) is 0 Å². The molecule has 0 aromatic heterocycles. The summed E-state index contributed by atoms with van der Waals surface area (Å²) in [6.45, 7) is 4.48. The Morgan fingerprint density at radius 1 is 1.41 bits per heavy atom. The van der Waals surface area contributed by atoms with Crippen LogP contribution < -0.4 is 5.32 Å². The first-order valence-electron chi connectivity index (χ1n) is 5.77. The zero-order valence-electron chi connectivity index (χ0n) is 10.2. The largest absolute Gasteiger partial charge is 0.343 e. The fourth-order valence-corrected chi connectivity index (χ4v) is 2.03. The minimum atomic E-state index is -2.62. The molecule has 0 radical (unpaired) electrons.